The number of carbonyl (C=O) groups is 1. The van der Waals surface area contributed by atoms with Crippen LogP contribution in [-0.2, 0) is 10.5 Å². The van der Waals surface area contributed by atoms with Gasteiger partial charge in [0, 0.05) is 5.75 Å². The maximum Gasteiger partial charge on any atom is 0.348 e. The van der Waals surface area contributed by atoms with E-state index in [4.69, 9.17) is 10.5 Å². The first-order valence-electron chi connectivity index (χ1n) is 8.85. The molecule has 0 fully saturated rings. The molecule has 3 rings (SSSR count). The molecule has 28 heavy (non-hydrogen) atoms. The number of thiophene rings is 1. The third kappa shape index (κ3) is 4.94. The topological polar surface area (TPSA) is 104 Å². The summed E-state index contributed by atoms with van der Waals surface area (Å²) < 4.78 is 6.98. The van der Waals surface area contributed by atoms with Crippen molar-refractivity contribution in [2.75, 3.05) is 18.1 Å². The number of anilines is 1. The third-order valence-corrected chi connectivity index (χ3v) is 8.20. The van der Waals surface area contributed by atoms with Crippen molar-refractivity contribution in [2.45, 2.75) is 48.0 Å². The summed E-state index contributed by atoms with van der Waals surface area (Å²) in [6.45, 7) is 6.13. The second-order valence-electron chi connectivity index (χ2n) is 5.81. The number of aromatic nitrogens is 4. The molecular formula is C17H21N5O2S4. The maximum atomic E-state index is 12.1. The van der Waals surface area contributed by atoms with Crippen LogP contribution >= 0.6 is 46.2 Å². The highest BCUT2D eigenvalue weighted by molar-refractivity contribution is 8.02. The number of hydrogen-bond donors (Lipinski definition) is 1. The lowest BCUT2D eigenvalue weighted by Crippen LogP contribution is -2.03. The molecule has 0 atom stereocenters. The Hall–Kier alpha value is -1.43. The van der Waals surface area contributed by atoms with E-state index < -0.39 is 0 Å². The molecule has 0 spiro atoms. The number of hydrogen-bond acceptors (Lipinski definition) is 11. The number of nitrogens with two attached hydrogens (primary N) is 1. The largest absolute Gasteiger partial charge is 0.462 e. The molecule has 0 saturated heterocycles. The van der Waals surface area contributed by atoms with Crippen molar-refractivity contribution in [3.05, 3.63) is 16.3 Å². The Labute approximate surface area is 179 Å². The van der Waals surface area contributed by atoms with Crippen molar-refractivity contribution >= 4 is 68.2 Å². The van der Waals surface area contributed by atoms with Crippen LogP contribution in [0.1, 0.15) is 47.7 Å². The molecule has 2 N–H and O–H groups in total. The lowest BCUT2D eigenvalue weighted by molar-refractivity contribution is 0.0531. The molecule has 0 aliphatic carbocycles. The van der Waals surface area contributed by atoms with E-state index in [1.165, 1.54) is 24.2 Å². The summed E-state index contributed by atoms with van der Waals surface area (Å²) in [5.41, 5.74) is 6.92. The Bertz CT molecular complexity index is 972. The Morgan fingerprint density at radius 3 is 2.61 bits per heavy atom. The maximum absolute atomic E-state index is 12.1. The highest BCUT2D eigenvalue weighted by atomic mass is 32.2. The zero-order chi connectivity index (χ0) is 20.1. The fraction of sp³-hybridized carbons (Fsp3) is 0.471. The minimum absolute atomic E-state index is 0.330. The van der Waals surface area contributed by atoms with Gasteiger partial charge in [0.1, 0.15) is 21.3 Å². The summed E-state index contributed by atoms with van der Waals surface area (Å²) in [5, 5.41) is 9.17. The van der Waals surface area contributed by atoms with Gasteiger partial charge in [-0.15, -0.1) is 21.5 Å². The van der Waals surface area contributed by atoms with Crippen LogP contribution in [0.15, 0.2) is 8.68 Å². The van der Waals surface area contributed by atoms with E-state index in [0.29, 0.717) is 33.7 Å². The van der Waals surface area contributed by atoms with E-state index in [2.05, 4.69) is 27.1 Å². The van der Waals surface area contributed by atoms with Gasteiger partial charge in [0.15, 0.2) is 8.68 Å². The van der Waals surface area contributed by atoms with Crippen LogP contribution < -0.4 is 5.73 Å². The standard InChI is InChI=1S/C17H21N5O2S4/c1-4-6-7-25-16-21-22-17(28-16)26-8-10-19-13(18)11-9(3)12(15(23)24-5-2)27-14(11)20-10/h4-8H2,1-3H3,(H2,18,19,20). The SMILES string of the molecule is CCCCSc1nnc(SCc2nc(N)c3c(C)c(C(=O)OCC)sc3n2)s1. The predicted octanol–water partition coefficient (Wildman–Crippen LogP) is 4.79. The number of thioether (sulfide) groups is 2. The van der Waals surface area contributed by atoms with Crippen molar-refractivity contribution in [1.82, 2.24) is 20.2 Å². The van der Waals surface area contributed by atoms with E-state index in [1.54, 1.807) is 41.8 Å². The van der Waals surface area contributed by atoms with Gasteiger partial charge >= 0.3 is 5.97 Å². The number of fused-ring (bicyclic) bond motifs is 1. The Kier molecular flexibility index (Phi) is 7.49. The van der Waals surface area contributed by atoms with E-state index in [-0.39, 0.29) is 5.97 Å². The summed E-state index contributed by atoms with van der Waals surface area (Å²) in [7, 11) is 0. The summed E-state index contributed by atoms with van der Waals surface area (Å²) in [6.07, 6.45) is 2.35. The van der Waals surface area contributed by atoms with Gasteiger partial charge < -0.3 is 10.5 Å². The molecule has 0 bridgehead atoms. The van der Waals surface area contributed by atoms with Crippen molar-refractivity contribution in [3.8, 4) is 0 Å². The van der Waals surface area contributed by atoms with Crippen LogP contribution in [0, 0.1) is 6.92 Å². The average molecular weight is 456 g/mol. The summed E-state index contributed by atoms with van der Waals surface area (Å²) in [4.78, 5) is 22.4. The number of carbonyl (C=O) groups excluding carboxylic acids is 1. The number of unbranched alkanes of at least 4 members (excludes halogenated alkanes) is 1. The van der Waals surface area contributed by atoms with E-state index >= 15 is 0 Å². The van der Waals surface area contributed by atoms with Crippen LogP contribution in [0.3, 0.4) is 0 Å². The molecule has 7 nitrogen and oxygen atoms in total. The Morgan fingerprint density at radius 2 is 1.89 bits per heavy atom. The molecule has 11 heteroatoms. The van der Waals surface area contributed by atoms with Crippen LogP contribution in [0.5, 0.6) is 0 Å². The fourth-order valence-electron chi connectivity index (χ4n) is 2.42. The average Bonchev–Trinajstić information content (AvgIpc) is 3.25. The van der Waals surface area contributed by atoms with Gasteiger partial charge in [-0.25, -0.2) is 14.8 Å². The molecule has 0 saturated carbocycles. The smallest absolute Gasteiger partial charge is 0.348 e. The van der Waals surface area contributed by atoms with Gasteiger partial charge in [-0.05, 0) is 25.8 Å². The second-order valence-corrected chi connectivity index (χ2v) is 10.3. The van der Waals surface area contributed by atoms with Gasteiger partial charge in [-0.3, -0.25) is 0 Å². The van der Waals surface area contributed by atoms with E-state index in [0.717, 1.165) is 25.4 Å². The molecule has 3 heterocycles. The van der Waals surface area contributed by atoms with E-state index in [9.17, 15) is 4.79 Å². The zero-order valence-electron chi connectivity index (χ0n) is 15.9. The summed E-state index contributed by atoms with van der Waals surface area (Å²) >= 11 is 6.16. The van der Waals surface area contributed by atoms with Gasteiger partial charge in [0.25, 0.3) is 0 Å². The van der Waals surface area contributed by atoms with E-state index in [1.807, 2.05) is 6.92 Å². The first-order valence-corrected chi connectivity index (χ1v) is 12.5. The van der Waals surface area contributed by atoms with Crippen molar-refractivity contribution in [2.24, 2.45) is 0 Å². The van der Waals surface area contributed by atoms with Crippen molar-refractivity contribution in [3.63, 3.8) is 0 Å². The second kappa shape index (κ2) is 9.86. The molecule has 0 radical (unpaired) electrons. The summed E-state index contributed by atoms with van der Waals surface area (Å²) in [6, 6.07) is 0. The Balaban J connectivity index is 1.73. The molecular weight excluding hydrogens is 434 g/mol. The normalized spacial score (nSPS) is 11.2. The predicted molar refractivity (Wildman–Crippen MR) is 118 cm³/mol. The number of rotatable bonds is 9. The lowest BCUT2D eigenvalue weighted by atomic mass is 10.2. The van der Waals surface area contributed by atoms with Crippen molar-refractivity contribution < 1.29 is 9.53 Å². The number of ether oxygens (including phenoxy) is 1. The molecule has 0 aromatic carbocycles. The number of esters is 1. The lowest BCUT2D eigenvalue weighted by Gasteiger charge is -2.02. The molecule has 3 aromatic rings. The molecule has 0 unspecified atom stereocenters. The number of nitrogens with zero attached hydrogens (tertiary/aromatic N) is 4. The summed E-state index contributed by atoms with van der Waals surface area (Å²) in [5.74, 6) is 2.26. The molecule has 150 valence electrons. The van der Waals surface area contributed by atoms with Crippen LogP contribution in [0.2, 0.25) is 0 Å². The van der Waals surface area contributed by atoms with Crippen LogP contribution in [0.25, 0.3) is 10.2 Å². The minimum Gasteiger partial charge on any atom is -0.462 e. The first kappa shape index (κ1) is 21.3. The van der Waals surface area contributed by atoms with Crippen LogP contribution in [-0.4, -0.2) is 38.5 Å². The Morgan fingerprint density at radius 1 is 1.14 bits per heavy atom. The highest BCUT2D eigenvalue weighted by Crippen LogP contribution is 2.35. The quantitative estimate of drug-likeness (QED) is 0.277. The van der Waals surface area contributed by atoms with Crippen molar-refractivity contribution in [1.29, 1.82) is 0 Å². The van der Waals surface area contributed by atoms with Gasteiger partial charge in [0.05, 0.1) is 17.7 Å². The molecule has 0 aliphatic rings. The zero-order valence-corrected chi connectivity index (χ0v) is 19.1. The highest BCUT2D eigenvalue weighted by Gasteiger charge is 2.20. The van der Waals surface area contributed by atoms with Gasteiger partial charge in [-0.1, -0.05) is 48.2 Å². The fourth-order valence-corrected chi connectivity index (χ4v) is 6.55. The minimum atomic E-state index is -0.347. The molecule has 3 aromatic heterocycles. The number of nitrogen functional groups attached to an aromatic ring is 1. The molecule has 0 amide bonds. The third-order valence-electron chi connectivity index (χ3n) is 3.76. The number of aryl methyl sites for hydroxylation is 1. The van der Waals surface area contributed by atoms with Crippen LogP contribution in [0.4, 0.5) is 5.82 Å². The van der Waals surface area contributed by atoms with Gasteiger partial charge in [-0.2, -0.15) is 0 Å². The first-order chi connectivity index (χ1) is 13.5. The molecule has 0 aliphatic heterocycles. The monoisotopic (exact) mass is 455 g/mol. The van der Waals surface area contributed by atoms with Gasteiger partial charge in [0.2, 0.25) is 0 Å².